The molecule has 1 aliphatic rings. The maximum atomic E-state index is 13.5. The molecule has 1 heterocycles. The lowest BCUT2D eigenvalue weighted by Crippen LogP contribution is -2.58. The average Bonchev–Trinajstić information content (AvgIpc) is 3.49. The van der Waals surface area contributed by atoms with Gasteiger partial charge in [-0.15, -0.1) is 10.2 Å². The number of carbonyl (C=O) groups excluding carboxylic acids is 2. The number of carbonyl (C=O) groups is 2. The Morgan fingerprint density at radius 3 is 2.46 bits per heavy atom. The lowest BCUT2D eigenvalue weighted by molar-refractivity contribution is -0.147. The van der Waals surface area contributed by atoms with E-state index in [1.165, 1.54) is 4.80 Å². The van der Waals surface area contributed by atoms with E-state index >= 15 is 0 Å². The summed E-state index contributed by atoms with van der Waals surface area (Å²) in [6.45, 7) is 7.74. The second kappa shape index (κ2) is 11.5. The summed E-state index contributed by atoms with van der Waals surface area (Å²) in [7, 11) is 3.12. The summed E-state index contributed by atoms with van der Waals surface area (Å²) in [6, 6.07) is 4.96. The largest absolute Gasteiger partial charge is 0.493 e. The fourth-order valence-corrected chi connectivity index (χ4v) is 4.63. The second-order valence-corrected chi connectivity index (χ2v) is 9.94. The van der Waals surface area contributed by atoms with Crippen molar-refractivity contribution in [2.75, 3.05) is 14.2 Å². The Hall–Kier alpha value is -3.17. The van der Waals surface area contributed by atoms with Crippen molar-refractivity contribution in [1.29, 1.82) is 0 Å². The number of tetrazole rings is 1. The van der Waals surface area contributed by atoms with E-state index in [1.807, 2.05) is 27.7 Å². The second-order valence-electron chi connectivity index (χ2n) is 9.94. The molecule has 0 saturated heterocycles. The number of methoxy groups -OCH3 is 2. The molecule has 1 N–H and O–H groups in total. The van der Waals surface area contributed by atoms with Gasteiger partial charge in [0.25, 0.3) is 0 Å². The Labute approximate surface area is 207 Å². The van der Waals surface area contributed by atoms with Crippen LogP contribution in [0.2, 0.25) is 0 Å². The molecule has 192 valence electrons. The van der Waals surface area contributed by atoms with Crippen molar-refractivity contribution in [2.24, 2.45) is 0 Å². The van der Waals surface area contributed by atoms with Gasteiger partial charge in [0.05, 0.1) is 14.2 Å². The number of ether oxygens (including phenoxy) is 2. The fraction of sp³-hybridized carbons (Fsp3) is 0.640. The van der Waals surface area contributed by atoms with Crippen LogP contribution in [0.4, 0.5) is 0 Å². The third kappa shape index (κ3) is 6.49. The molecule has 0 unspecified atom stereocenters. The van der Waals surface area contributed by atoms with E-state index < -0.39 is 11.6 Å². The molecule has 1 saturated carbocycles. The van der Waals surface area contributed by atoms with Gasteiger partial charge in [0, 0.05) is 17.1 Å². The minimum atomic E-state index is -0.559. The molecule has 10 heteroatoms. The maximum Gasteiger partial charge on any atom is 0.247 e. The van der Waals surface area contributed by atoms with Gasteiger partial charge in [-0.1, -0.05) is 26.2 Å². The topological polar surface area (TPSA) is 111 Å². The van der Waals surface area contributed by atoms with Crippen molar-refractivity contribution in [3.63, 3.8) is 0 Å². The van der Waals surface area contributed by atoms with Crippen LogP contribution in [0.5, 0.6) is 11.5 Å². The predicted molar refractivity (Wildman–Crippen MR) is 132 cm³/mol. The van der Waals surface area contributed by atoms with Crippen LogP contribution in [0.25, 0.3) is 11.4 Å². The number of benzene rings is 1. The molecular formula is C25H38N6O4. The van der Waals surface area contributed by atoms with Crippen molar-refractivity contribution in [2.45, 2.75) is 90.4 Å². The van der Waals surface area contributed by atoms with E-state index in [0.29, 0.717) is 29.3 Å². The zero-order valence-electron chi connectivity index (χ0n) is 21.7. The first kappa shape index (κ1) is 26.4. The normalized spacial score (nSPS) is 15.0. The molecule has 0 bridgehead atoms. The van der Waals surface area contributed by atoms with Crippen LogP contribution < -0.4 is 14.8 Å². The van der Waals surface area contributed by atoms with E-state index in [0.717, 1.165) is 32.1 Å². The molecule has 1 aromatic carbocycles. The first-order valence-corrected chi connectivity index (χ1v) is 12.3. The average molecular weight is 487 g/mol. The highest BCUT2D eigenvalue weighted by molar-refractivity contribution is 5.88. The lowest BCUT2D eigenvalue weighted by atomic mass is 9.98. The summed E-state index contributed by atoms with van der Waals surface area (Å²) < 4.78 is 10.6. The predicted octanol–water partition coefficient (Wildman–Crippen LogP) is 3.21. The molecule has 3 rings (SSSR count). The molecule has 2 amide bonds. The lowest BCUT2D eigenvalue weighted by Gasteiger charge is -2.41. The van der Waals surface area contributed by atoms with Gasteiger partial charge in [0.1, 0.15) is 12.6 Å². The number of rotatable bonds is 10. The fourth-order valence-electron chi connectivity index (χ4n) is 4.63. The molecule has 1 fully saturated rings. The van der Waals surface area contributed by atoms with Crippen LogP contribution in [-0.4, -0.2) is 68.8 Å². The third-order valence-corrected chi connectivity index (χ3v) is 6.24. The van der Waals surface area contributed by atoms with Crippen LogP contribution >= 0.6 is 0 Å². The van der Waals surface area contributed by atoms with Gasteiger partial charge in [-0.05, 0) is 63.4 Å². The number of hydrogen-bond acceptors (Lipinski definition) is 7. The van der Waals surface area contributed by atoms with Crippen molar-refractivity contribution >= 4 is 11.8 Å². The zero-order valence-corrected chi connectivity index (χ0v) is 21.7. The molecule has 10 nitrogen and oxygen atoms in total. The van der Waals surface area contributed by atoms with Gasteiger partial charge in [-0.25, -0.2) is 0 Å². The highest BCUT2D eigenvalue weighted by Gasteiger charge is 2.38. The quantitative estimate of drug-likeness (QED) is 0.549. The van der Waals surface area contributed by atoms with E-state index in [9.17, 15) is 9.59 Å². The summed E-state index contributed by atoms with van der Waals surface area (Å²) in [4.78, 5) is 29.7. The van der Waals surface area contributed by atoms with Gasteiger partial charge in [0.2, 0.25) is 17.6 Å². The molecular weight excluding hydrogens is 448 g/mol. The first-order chi connectivity index (χ1) is 16.7. The van der Waals surface area contributed by atoms with Crippen LogP contribution in [0.3, 0.4) is 0 Å². The van der Waals surface area contributed by atoms with Crippen molar-refractivity contribution in [1.82, 2.24) is 30.4 Å². The highest BCUT2D eigenvalue weighted by Crippen LogP contribution is 2.31. The third-order valence-electron chi connectivity index (χ3n) is 6.24. The monoisotopic (exact) mass is 486 g/mol. The number of nitrogens with zero attached hydrogens (tertiary/aromatic N) is 5. The zero-order chi connectivity index (χ0) is 25.6. The van der Waals surface area contributed by atoms with Crippen molar-refractivity contribution in [3.05, 3.63) is 18.2 Å². The first-order valence-electron chi connectivity index (χ1n) is 12.3. The molecule has 0 aliphatic heterocycles. The molecule has 35 heavy (non-hydrogen) atoms. The molecule has 0 spiro atoms. The van der Waals surface area contributed by atoms with Crippen LogP contribution in [0.1, 0.15) is 66.2 Å². The highest BCUT2D eigenvalue weighted by atomic mass is 16.5. The molecule has 0 radical (unpaired) electrons. The van der Waals surface area contributed by atoms with E-state index in [1.54, 1.807) is 37.3 Å². The number of aromatic nitrogens is 4. The van der Waals surface area contributed by atoms with Crippen LogP contribution in [0, 0.1) is 0 Å². The van der Waals surface area contributed by atoms with Gasteiger partial charge in [-0.3, -0.25) is 9.59 Å². The van der Waals surface area contributed by atoms with E-state index in [4.69, 9.17) is 9.47 Å². The Morgan fingerprint density at radius 1 is 1.17 bits per heavy atom. The Balaban J connectivity index is 1.79. The van der Waals surface area contributed by atoms with Crippen LogP contribution in [-0.2, 0) is 16.1 Å². The summed E-state index contributed by atoms with van der Waals surface area (Å²) in [5.41, 5.74) is 0.130. The maximum absolute atomic E-state index is 13.5. The Morgan fingerprint density at radius 2 is 1.86 bits per heavy atom. The molecule has 2 aromatic rings. The summed E-state index contributed by atoms with van der Waals surface area (Å²) >= 11 is 0. The standard InChI is InChI=1S/C25H38N6O4/c1-7-10-19(24(33)26-18-11-8-9-12-18)31(25(2,3)4)22(32)16-30-28-23(27-29-30)17-13-14-20(34-5)21(15-17)35-6/h13-15,18-19H,7-12,16H2,1-6H3,(H,26,33)/t19-/m0/s1. The van der Waals surface area contributed by atoms with E-state index in [2.05, 4.69) is 20.7 Å². The van der Waals surface area contributed by atoms with Crippen molar-refractivity contribution < 1.29 is 19.1 Å². The molecule has 1 aliphatic carbocycles. The summed E-state index contributed by atoms with van der Waals surface area (Å²) in [6.07, 6.45) is 5.62. The number of hydrogen-bond donors (Lipinski definition) is 1. The van der Waals surface area contributed by atoms with Gasteiger partial charge in [0.15, 0.2) is 11.5 Å². The minimum absolute atomic E-state index is 0.0837. The minimum Gasteiger partial charge on any atom is -0.493 e. The van der Waals surface area contributed by atoms with Gasteiger partial charge < -0.3 is 19.7 Å². The summed E-state index contributed by atoms with van der Waals surface area (Å²) in [5, 5.41) is 15.8. The van der Waals surface area contributed by atoms with E-state index in [-0.39, 0.29) is 24.4 Å². The number of amides is 2. The smallest absolute Gasteiger partial charge is 0.247 e. The SMILES string of the molecule is CCC[C@@H](C(=O)NC1CCCC1)N(C(=O)Cn1nnc(-c2ccc(OC)c(OC)c2)n1)C(C)(C)C. The molecule has 1 aromatic heterocycles. The van der Waals surface area contributed by atoms with Crippen molar-refractivity contribution in [3.8, 4) is 22.9 Å². The van der Waals surface area contributed by atoms with Crippen LogP contribution in [0.15, 0.2) is 18.2 Å². The Bertz CT molecular complexity index is 1010. The van der Waals surface area contributed by atoms with Gasteiger partial charge >= 0.3 is 0 Å². The molecule has 1 atom stereocenters. The van der Waals surface area contributed by atoms with Gasteiger partial charge in [-0.2, -0.15) is 4.80 Å². The Kier molecular flexibility index (Phi) is 8.69. The number of nitrogens with one attached hydrogen (secondary N) is 1. The summed E-state index contributed by atoms with van der Waals surface area (Å²) in [5.74, 6) is 1.20.